The van der Waals surface area contributed by atoms with Crippen LogP contribution < -0.4 is 20.1 Å². The maximum Gasteiger partial charge on any atom is 0.254 e. The Morgan fingerprint density at radius 1 is 0.857 bits per heavy atom. The molecule has 2 aromatic carbocycles. The second kappa shape index (κ2) is 9.36. The fourth-order valence-electron chi connectivity index (χ4n) is 2.69. The Balaban J connectivity index is 1.57. The molecular formula is C21H22N4O3. The number of nitrogens with one attached hydrogen (secondary N) is 2. The summed E-state index contributed by atoms with van der Waals surface area (Å²) in [5.41, 5.74) is 2.28. The molecule has 0 radical (unpaired) electrons. The van der Waals surface area contributed by atoms with Gasteiger partial charge >= 0.3 is 0 Å². The van der Waals surface area contributed by atoms with Crippen molar-refractivity contribution in [2.45, 2.75) is 13.1 Å². The van der Waals surface area contributed by atoms with Gasteiger partial charge in [-0.3, -0.25) is 4.79 Å². The third kappa shape index (κ3) is 4.76. The quantitative estimate of drug-likeness (QED) is 0.627. The maximum absolute atomic E-state index is 12.3. The molecule has 7 heteroatoms. The number of anilines is 1. The highest BCUT2D eigenvalue weighted by Gasteiger charge is 2.09. The molecule has 3 aromatic rings. The topological polar surface area (TPSA) is 85.4 Å². The van der Waals surface area contributed by atoms with Gasteiger partial charge in [-0.1, -0.05) is 36.4 Å². The molecule has 0 atom stereocenters. The van der Waals surface area contributed by atoms with Gasteiger partial charge < -0.3 is 20.1 Å². The minimum atomic E-state index is -0.248. The van der Waals surface area contributed by atoms with E-state index in [0.29, 0.717) is 24.6 Å². The summed E-state index contributed by atoms with van der Waals surface area (Å²) in [5.74, 6) is 1.71. The third-order valence-electron chi connectivity index (χ3n) is 4.18. The molecule has 0 bridgehead atoms. The van der Waals surface area contributed by atoms with Crippen molar-refractivity contribution in [1.82, 2.24) is 15.3 Å². The number of para-hydroxylation sites is 2. The van der Waals surface area contributed by atoms with Crippen molar-refractivity contribution in [2.75, 3.05) is 19.5 Å². The van der Waals surface area contributed by atoms with Crippen LogP contribution in [0.1, 0.15) is 21.5 Å². The Hall–Kier alpha value is -3.61. The van der Waals surface area contributed by atoms with Crippen LogP contribution in [-0.4, -0.2) is 30.1 Å². The second-order valence-electron chi connectivity index (χ2n) is 5.96. The van der Waals surface area contributed by atoms with E-state index >= 15 is 0 Å². The molecule has 1 heterocycles. The second-order valence-corrected chi connectivity index (χ2v) is 5.96. The molecule has 7 nitrogen and oxygen atoms in total. The van der Waals surface area contributed by atoms with Gasteiger partial charge in [0.1, 0.15) is 11.5 Å². The zero-order valence-electron chi connectivity index (χ0n) is 15.8. The van der Waals surface area contributed by atoms with E-state index in [-0.39, 0.29) is 5.91 Å². The molecule has 0 aliphatic rings. The summed E-state index contributed by atoms with van der Waals surface area (Å²) < 4.78 is 10.6. The van der Waals surface area contributed by atoms with Crippen LogP contribution in [0, 0.1) is 0 Å². The lowest BCUT2D eigenvalue weighted by atomic mass is 10.2. The number of amides is 1. The molecule has 0 spiro atoms. The van der Waals surface area contributed by atoms with Crippen LogP contribution in [0.2, 0.25) is 0 Å². The Morgan fingerprint density at radius 2 is 1.39 bits per heavy atom. The summed E-state index contributed by atoms with van der Waals surface area (Å²) in [6.07, 6.45) is 2.99. The monoisotopic (exact) mass is 378 g/mol. The van der Waals surface area contributed by atoms with E-state index in [0.717, 1.165) is 22.6 Å². The van der Waals surface area contributed by atoms with E-state index in [4.69, 9.17) is 9.47 Å². The zero-order valence-corrected chi connectivity index (χ0v) is 15.8. The van der Waals surface area contributed by atoms with Crippen molar-refractivity contribution < 1.29 is 14.3 Å². The van der Waals surface area contributed by atoms with Crippen LogP contribution in [0.25, 0.3) is 0 Å². The van der Waals surface area contributed by atoms with E-state index in [1.165, 1.54) is 12.4 Å². The van der Waals surface area contributed by atoms with Crippen molar-refractivity contribution in [2.24, 2.45) is 0 Å². The average Bonchev–Trinajstić information content (AvgIpc) is 2.76. The predicted octanol–water partition coefficient (Wildman–Crippen LogP) is 3.04. The van der Waals surface area contributed by atoms with Crippen LogP contribution in [0.3, 0.4) is 0 Å². The molecule has 1 aromatic heterocycles. The Bertz CT molecular complexity index is 929. The lowest BCUT2D eigenvalue weighted by Gasteiger charge is -2.10. The molecular weight excluding hydrogens is 356 g/mol. The van der Waals surface area contributed by atoms with Crippen molar-refractivity contribution >= 4 is 11.9 Å². The smallest absolute Gasteiger partial charge is 0.254 e. The van der Waals surface area contributed by atoms with E-state index < -0.39 is 0 Å². The Labute approximate surface area is 163 Å². The molecule has 0 fully saturated rings. The zero-order chi connectivity index (χ0) is 19.8. The molecule has 0 aliphatic carbocycles. The summed E-state index contributed by atoms with van der Waals surface area (Å²) in [4.78, 5) is 20.7. The number of nitrogens with zero attached hydrogens (tertiary/aromatic N) is 2. The first-order chi connectivity index (χ1) is 13.7. The number of hydrogen-bond acceptors (Lipinski definition) is 6. The summed E-state index contributed by atoms with van der Waals surface area (Å²) in [6, 6.07) is 15.3. The minimum absolute atomic E-state index is 0.248. The third-order valence-corrected chi connectivity index (χ3v) is 4.18. The van der Waals surface area contributed by atoms with Crippen molar-refractivity contribution in [3.63, 3.8) is 0 Å². The highest BCUT2D eigenvalue weighted by molar-refractivity contribution is 5.93. The standard InChI is InChI=1S/C21H22N4O3/c1-27-18-9-5-3-7-15(18)11-22-20(26)17-13-24-21(25-14-17)23-12-16-8-4-6-10-19(16)28-2/h3-10,13-14H,11-12H2,1-2H3,(H,22,26)(H,23,24,25). The van der Waals surface area contributed by atoms with E-state index in [2.05, 4.69) is 20.6 Å². The first kappa shape index (κ1) is 19.2. The SMILES string of the molecule is COc1ccccc1CNC(=O)c1cnc(NCc2ccccc2OC)nc1. The van der Waals surface area contributed by atoms with Crippen molar-refractivity contribution in [1.29, 1.82) is 0 Å². The molecule has 3 rings (SSSR count). The largest absolute Gasteiger partial charge is 0.496 e. The average molecular weight is 378 g/mol. The van der Waals surface area contributed by atoms with Crippen molar-refractivity contribution in [3.05, 3.63) is 77.6 Å². The first-order valence-electron chi connectivity index (χ1n) is 8.79. The molecule has 0 aliphatic heterocycles. The summed E-state index contributed by atoms with van der Waals surface area (Å²) in [6.45, 7) is 0.875. The Morgan fingerprint density at radius 3 is 1.96 bits per heavy atom. The predicted molar refractivity (Wildman–Crippen MR) is 107 cm³/mol. The maximum atomic E-state index is 12.3. The number of carbonyl (C=O) groups is 1. The number of aromatic nitrogens is 2. The van der Waals surface area contributed by atoms with Crippen LogP contribution >= 0.6 is 0 Å². The number of rotatable bonds is 8. The van der Waals surface area contributed by atoms with Gasteiger partial charge in [-0.25, -0.2) is 9.97 Å². The number of benzene rings is 2. The number of ether oxygens (including phenoxy) is 2. The fraction of sp³-hybridized carbons (Fsp3) is 0.190. The minimum Gasteiger partial charge on any atom is -0.496 e. The van der Waals surface area contributed by atoms with Gasteiger partial charge in [-0.05, 0) is 12.1 Å². The lowest BCUT2D eigenvalue weighted by Crippen LogP contribution is -2.23. The summed E-state index contributed by atoms with van der Waals surface area (Å²) in [5, 5.41) is 5.97. The molecule has 28 heavy (non-hydrogen) atoms. The number of hydrogen-bond donors (Lipinski definition) is 2. The fourth-order valence-corrected chi connectivity index (χ4v) is 2.69. The van der Waals surface area contributed by atoms with Crippen molar-refractivity contribution in [3.8, 4) is 11.5 Å². The van der Waals surface area contributed by atoms with Gasteiger partial charge in [0.15, 0.2) is 0 Å². The van der Waals surface area contributed by atoms with Crippen LogP contribution in [0.15, 0.2) is 60.9 Å². The first-order valence-corrected chi connectivity index (χ1v) is 8.79. The molecule has 1 amide bonds. The van der Waals surface area contributed by atoms with Crippen LogP contribution in [-0.2, 0) is 13.1 Å². The van der Waals surface area contributed by atoms with Gasteiger partial charge in [-0.15, -0.1) is 0 Å². The molecule has 2 N–H and O–H groups in total. The van der Waals surface area contributed by atoms with Gasteiger partial charge in [0.25, 0.3) is 5.91 Å². The van der Waals surface area contributed by atoms with E-state index in [9.17, 15) is 4.79 Å². The lowest BCUT2D eigenvalue weighted by molar-refractivity contribution is 0.0950. The molecule has 0 saturated heterocycles. The van der Waals surface area contributed by atoms with Crippen LogP contribution in [0.4, 0.5) is 5.95 Å². The summed E-state index contributed by atoms with van der Waals surface area (Å²) in [7, 11) is 3.24. The molecule has 0 unspecified atom stereocenters. The number of carbonyl (C=O) groups excluding carboxylic acids is 1. The van der Waals surface area contributed by atoms with Gasteiger partial charge in [0.2, 0.25) is 5.95 Å². The highest BCUT2D eigenvalue weighted by atomic mass is 16.5. The highest BCUT2D eigenvalue weighted by Crippen LogP contribution is 2.18. The van der Waals surface area contributed by atoms with E-state index in [1.54, 1.807) is 14.2 Å². The Kier molecular flexibility index (Phi) is 6.41. The number of methoxy groups -OCH3 is 2. The van der Waals surface area contributed by atoms with Gasteiger partial charge in [0.05, 0.1) is 19.8 Å². The summed E-state index contributed by atoms with van der Waals surface area (Å²) >= 11 is 0. The van der Waals surface area contributed by atoms with E-state index in [1.807, 2.05) is 48.5 Å². The van der Waals surface area contributed by atoms with Gasteiger partial charge in [-0.2, -0.15) is 0 Å². The molecule has 144 valence electrons. The normalized spacial score (nSPS) is 10.2. The molecule has 0 saturated carbocycles. The van der Waals surface area contributed by atoms with Crippen LogP contribution in [0.5, 0.6) is 11.5 Å². The van der Waals surface area contributed by atoms with Gasteiger partial charge in [0, 0.05) is 36.6 Å².